The fraction of sp³-hybridized carbons (Fsp3) is 0.450. The Labute approximate surface area is 152 Å². The average molecular weight is 358 g/mol. The van der Waals surface area contributed by atoms with Crippen molar-refractivity contribution >= 4 is 5.91 Å². The number of rotatable bonds is 5. The number of benzene rings is 1. The monoisotopic (exact) mass is 358 g/mol. The van der Waals surface area contributed by atoms with E-state index in [2.05, 4.69) is 9.88 Å². The molecule has 0 atom stereocenters. The summed E-state index contributed by atoms with van der Waals surface area (Å²) in [4.78, 5) is 12.6. The fourth-order valence-corrected chi connectivity index (χ4v) is 3.75. The van der Waals surface area contributed by atoms with E-state index in [4.69, 9.17) is 9.47 Å². The van der Waals surface area contributed by atoms with Crippen LogP contribution in [0.3, 0.4) is 0 Å². The van der Waals surface area contributed by atoms with Crippen molar-refractivity contribution in [3.63, 3.8) is 0 Å². The largest absolute Gasteiger partial charge is 0.467 e. The summed E-state index contributed by atoms with van der Waals surface area (Å²) in [7, 11) is 0. The molecule has 6 heteroatoms. The Hall–Kier alpha value is -2.34. The summed E-state index contributed by atoms with van der Waals surface area (Å²) in [5.41, 5.74) is 4.34. The highest BCUT2D eigenvalue weighted by Gasteiger charge is 2.28. The van der Waals surface area contributed by atoms with Gasteiger partial charge in [0.05, 0.1) is 12.2 Å². The van der Waals surface area contributed by atoms with Crippen LogP contribution in [0.1, 0.15) is 51.8 Å². The van der Waals surface area contributed by atoms with Gasteiger partial charge in [-0.3, -0.25) is 4.79 Å². The molecule has 1 aromatic carbocycles. The van der Waals surface area contributed by atoms with Crippen molar-refractivity contribution in [1.82, 2.24) is 9.88 Å². The van der Waals surface area contributed by atoms with Gasteiger partial charge < -0.3 is 19.4 Å². The molecule has 2 heterocycles. The normalized spacial score (nSPS) is 16.1. The Morgan fingerprint density at radius 1 is 1.31 bits per heavy atom. The van der Waals surface area contributed by atoms with E-state index < -0.39 is 0 Å². The molecule has 1 aromatic heterocycles. The molecule has 26 heavy (non-hydrogen) atoms. The van der Waals surface area contributed by atoms with Gasteiger partial charge in [-0.15, -0.1) is 0 Å². The first-order chi connectivity index (χ1) is 12.5. The summed E-state index contributed by atoms with van der Waals surface area (Å²) < 4.78 is 26.8. The molecule has 1 N–H and O–H groups in total. The van der Waals surface area contributed by atoms with Crippen molar-refractivity contribution in [1.29, 1.82) is 0 Å². The predicted molar refractivity (Wildman–Crippen MR) is 94.9 cm³/mol. The van der Waals surface area contributed by atoms with Crippen LogP contribution in [0.4, 0.5) is 4.39 Å². The number of aromatic nitrogens is 1. The lowest BCUT2D eigenvalue weighted by atomic mass is 10.1. The van der Waals surface area contributed by atoms with E-state index in [1.54, 1.807) is 0 Å². The zero-order chi connectivity index (χ0) is 18.3. The van der Waals surface area contributed by atoms with Crippen LogP contribution < -0.4 is 10.1 Å². The Kier molecular flexibility index (Phi) is 4.44. The van der Waals surface area contributed by atoms with Crippen molar-refractivity contribution in [3.05, 3.63) is 52.1 Å². The number of carbonyl (C=O) groups is 1. The zero-order valence-electron chi connectivity index (χ0n) is 15.1. The van der Waals surface area contributed by atoms with Crippen LogP contribution in [0.2, 0.25) is 0 Å². The number of hydrogen-bond acceptors (Lipinski definition) is 3. The van der Waals surface area contributed by atoms with Gasteiger partial charge in [-0.25, -0.2) is 4.39 Å². The lowest BCUT2D eigenvalue weighted by Crippen LogP contribution is -2.26. The first-order valence-corrected chi connectivity index (χ1v) is 9.03. The second-order valence-corrected chi connectivity index (χ2v) is 7.06. The standard InChI is InChI=1S/C20H23FN2O3/c1-12-7-18(13(2)23(12)17-3-4-17)20(24)22-6-5-14-8-16(21)9-15-10-25-11-26-19(14)15/h7-9,17H,3-6,10-11H2,1-2H3,(H,22,24). The number of carbonyl (C=O) groups excluding carboxylic acids is 1. The first-order valence-electron chi connectivity index (χ1n) is 9.03. The molecule has 138 valence electrons. The van der Waals surface area contributed by atoms with E-state index in [1.165, 1.54) is 25.0 Å². The van der Waals surface area contributed by atoms with Crippen LogP contribution >= 0.6 is 0 Å². The van der Waals surface area contributed by atoms with Gasteiger partial charge in [0.15, 0.2) is 6.79 Å². The van der Waals surface area contributed by atoms with Gasteiger partial charge in [0.1, 0.15) is 11.6 Å². The molecule has 0 spiro atoms. The zero-order valence-corrected chi connectivity index (χ0v) is 15.1. The van der Waals surface area contributed by atoms with Crippen LogP contribution in [-0.2, 0) is 17.8 Å². The Morgan fingerprint density at radius 2 is 2.12 bits per heavy atom. The number of amides is 1. The van der Waals surface area contributed by atoms with Crippen molar-refractivity contribution < 1.29 is 18.7 Å². The van der Waals surface area contributed by atoms with Crippen molar-refractivity contribution in [2.24, 2.45) is 0 Å². The molecule has 1 aliphatic carbocycles. The van der Waals surface area contributed by atoms with E-state index >= 15 is 0 Å². The third-order valence-electron chi connectivity index (χ3n) is 5.07. The molecule has 4 rings (SSSR count). The van der Waals surface area contributed by atoms with E-state index in [0.29, 0.717) is 36.9 Å². The van der Waals surface area contributed by atoms with Gasteiger partial charge in [-0.1, -0.05) is 0 Å². The molecule has 1 saturated carbocycles. The minimum absolute atomic E-state index is 0.0838. The summed E-state index contributed by atoms with van der Waals surface area (Å²) in [6, 6.07) is 5.40. The van der Waals surface area contributed by atoms with Crippen molar-refractivity contribution in [2.45, 2.75) is 45.8 Å². The smallest absolute Gasteiger partial charge is 0.253 e. The molecule has 1 aliphatic heterocycles. The highest BCUT2D eigenvalue weighted by atomic mass is 19.1. The molecule has 5 nitrogen and oxygen atoms in total. The van der Waals surface area contributed by atoms with Crippen molar-refractivity contribution in [2.75, 3.05) is 13.3 Å². The number of aryl methyl sites for hydroxylation is 1. The molecule has 0 radical (unpaired) electrons. The summed E-state index contributed by atoms with van der Waals surface area (Å²) in [5, 5.41) is 2.95. The van der Waals surface area contributed by atoms with Gasteiger partial charge in [0.25, 0.3) is 5.91 Å². The van der Waals surface area contributed by atoms with Crippen LogP contribution in [0.25, 0.3) is 0 Å². The van der Waals surface area contributed by atoms with E-state index in [1.807, 2.05) is 19.9 Å². The summed E-state index contributed by atoms with van der Waals surface area (Å²) in [6.07, 6.45) is 2.88. The Balaban J connectivity index is 1.43. The maximum atomic E-state index is 13.8. The van der Waals surface area contributed by atoms with Crippen molar-refractivity contribution in [3.8, 4) is 5.75 Å². The Morgan fingerprint density at radius 3 is 2.88 bits per heavy atom. The van der Waals surface area contributed by atoms with E-state index in [9.17, 15) is 9.18 Å². The van der Waals surface area contributed by atoms with E-state index in [-0.39, 0.29) is 18.5 Å². The highest BCUT2D eigenvalue weighted by molar-refractivity contribution is 5.95. The second-order valence-electron chi connectivity index (χ2n) is 7.06. The summed E-state index contributed by atoms with van der Waals surface area (Å²) in [6.45, 7) is 4.98. The quantitative estimate of drug-likeness (QED) is 0.891. The first kappa shape index (κ1) is 17.1. The molecular weight excluding hydrogens is 335 g/mol. The summed E-state index contributed by atoms with van der Waals surface area (Å²) in [5.74, 6) is 0.283. The molecule has 0 saturated heterocycles. The van der Waals surface area contributed by atoms with Gasteiger partial charge in [-0.2, -0.15) is 0 Å². The number of hydrogen-bond donors (Lipinski definition) is 1. The summed E-state index contributed by atoms with van der Waals surface area (Å²) >= 11 is 0. The minimum atomic E-state index is -0.313. The highest BCUT2D eigenvalue weighted by Crippen LogP contribution is 2.38. The molecular formula is C20H23FN2O3. The average Bonchev–Trinajstić information content (AvgIpc) is 3.39. The van der Waals surface area contributed by atoms with Crippen LogP contribution in [-0.4, -0.2) is 23.8 Å². The molecule has 1 fully saturated rings. The lowest BCUT2D eigenvalue weighted by molar-refractivity contribution is -0.0172. The molecule has 1 amide bonds. The second kappa shape index (κ2) is 6.76. The van der Waals surface area contributed by atoms with Gasteiger partial charge in [0, 0.05) is 29.5 Å². The lowest BCUT2D eigenvalue weighted by Gasteiger charge is -2.21. The number of ether oxygens (including phenoxy) is 2. The Bertz CT molecular complexity index is 855. The molecule has 0 bridgehead atoms. The van der Waals surface area contributed by atoms with Gasteiger partial charge in [0.2, 0.25) is 0 Å². The molecule has 2 aliphatic rings. The predicted octanol–water partition coefficient (Wildman–Crippen LogP) is 3.42. The topological polar surface area (TPSA) is 52.5 Å². The number of nitrogens with zero attached hydrogens (tertiary/aromatic N) is 1. The van der Waals surface area contributed by atoms with Crippen LogP contribution in [0.15, 0.2) is 18.2 Å². The van der Waals surface area contributed by atoms with Crippen LogP contribution in [0, 0.1) is 19.7 Å². The molecule has 0 unspecified atom stereocenters. The maximum Gasteiger partial charge on any atom is 0.253 e. The van der Waals surface area contributed by atoms with Crippen LogP contribution in [0.5, 0.6) is 5.75 Å². The van der Waals surface area contributed by atoms with Gasteiger partial charge >= 0.3 is 0 Å². The fourth-order valence-electron chi connectivity index (χ4n) is 3.75. The number of fused-ring (bicyclic) bond motifs is 1. The van der Waals surface area contributed by atoms with E-state index in [0.717, 1.165) is 22.5 Å². The number of halogens is 1. The minimum Gasteiger partial charge on any atom is -0.467 e. The van der Waals surface area contributed by atoms with Gasteiger partial charge in [-0.05, 0) is 56.9 Å². The number of nitrogens with one attached hydrogen (secondary N) is 1. The molecule has 2 aromatic rings. The third kappa shape index (κ3) is 3.21. The third-order valence-corrected chi connectivity index (χ3v) is 5.07. The maximum absolute atomic E-state index is 13.8. The SMILES string of the molecule is Cc1cc(C(=O)NCCc2cc(F)cc3c2OCOC3)c(C)n1C1CC1.